The van der Waals surface area contributed by atoms with Gasteiger partial charge in [0.15, 0.2) is 0 Å². The number of hydrogen-bond donors (Lipinski definition) is 1. The number of hydrogen-bond acceptors (Lipinski definition) is 2. The van der Waals surface area contributed by atoms with Gasteiger partial charge in [-0.25, -0.2) is 14.2 Å². The van der Waals surface area contributed by atoms with Crippen molar-refractivity contribution in [1.29, 1.82) is 0 Å². The van der Waals surface area contributed by atoms with Crippen LogP contribution >= 0.6 is 11.6 Å². The van der Waals surface area contributed by atoms with E-state index in [1.54, 1.807) is 43.6 Å². The van der Waals surface area contributed by atoms with Crippen molar-refractivity contribution in [2.45, 2.75) is 19.8 Å². The number of benzene rings is 1. The van der Waals surface area contributed by atoms with Gasteiger partial charge in [0, 0.05) is 23.0 Å². The molecule has 1 N–H and O–H groups in total. The first-order chi connectivity index (χ1) is 11.0. The lowest BCUT2D eigenvalue weighted by molar-refractivity contribution is 0.0687. The normalized spacial score (nSPS) is 11.1. The summed E-state index contributed by atoms with van der Waals surface area (Å²) >= 11 is 6.08. The average molecular weight is 333 g/mol. The smallest absolute Gasteiger partial charge is 0.353 e. The molecule has 0 saturated carbocycles. The zero-order chi connectivity index (χ0) is 16.6. The van der Waals surface area contributed by atoms with E-state index in [0.29, 0.717) is 40.2 Å². The van der Waals surface area contributed by atoms with Crippen molar-refractivity contribution in [3.63, 3.8) is 0 Å². The van der Waals surface area contributed by atoms with Crippen LogP contribution in [0.2, 0.25) is 5.02 Å². The molecule has 6 heteroatoms. The summed E-state index contributed by atoms with van der Waals surface area (Å²) < 4.78 is 15.7. The van der Waals surface area contributed by atoms with Crippen LogP contribution in [0, 0.1) is 12.7 Å². The molecule has 0 radical (unpaired) electrons. The minimum Gasteiger partial charge on any atom is -0.477 e. The number of carboxylic acid groups (broad SMARTS) is 1. The van der Waals surface area contributed by atoms with E-state index in [1.165, 1.54) is 4.40 Å². The zero-order valence-electron chi connectivity index (χ0n) is 12.4. The molecule has 0 amide bonds. The Kier molecular flexibility index (Phi) is 4.05. The Bertz CT molecular complexity index is 905. The lowest BCUT2D eigenvalue weighted by Crippen LogP contribution is -2.10. The minimum atomic E-state index is -1.04. The lowest BCUT2D eigenvalue weighted by Gasteiger charge is -2.11. The third-order valence-electron chi connectivity index (χ3n) is 3.87. The highest BCUT2D eigenvalue weighted by Gasteiger charge is 2.17. The van der Waals surface area contributed by atoms with E-state index in [4.69, 9.17) is 11.6 Å². The number of carbonyl (C=O) groups is 1. The molecule has 4 nitrogen and oxygen atoms in total. The molecular formula is C17H14ClFN2O2. The Labute approximate surface area is 137 Å². The van der Waals surface area contributed by atoms with E-state index in [0.717, 1.165) is 0 Å². The van der Waals surface area contributed by atoms with E-state index < -0.39 is 5.97 Å². The monoisotopic (exact) mass is 332 g/mol. The van der Waals surface area contributed by atoms with Crippen molar-refractivity contribution < 1.29 is 14.3 Å². The van der Waals surface area contributed by atoms with Gasteiger partial charge in [-0.15, -0.1) is 0 Å². The van der Waals surface area contributed by atoms with Gasteiger partial charge in [-0.2, -0.15) is 0 Å². The highest BCUT2D eigenvalue weighted by Crippen LogP contribution is 2.24. The molecule has 0 aliphatic carbocycles. The van der Waals surface area contributed by atoms with Crippen LogP contribution in [0.4, 0.5) is 4.39 Å². The van der Waals surface area contributed by atoms with Crippen molar-refractivity contribution in [2.75, 3.05) is 0 Å². The van der Waals surface area contributed by atoms with Crippen LogP contribution in [0.3, 0.4) is 0 Å². The molecule has 1 aromatic carbocycles. The van der Waals surface area contributed by atoms with Gasteiger partial charge < -0.3 is 5.11 Å². The number of halogens is 2. The van der Waals surface area contributed by atoms with Gasteiger partial charge in [0.1, 0.15) is 17.2 Å². The fourth-order valence-electron chi connectivity index (χ4n) is 2.68. The molecule has 118 valence electrons. The van der Waals surface area contributed by atoms with Gasteiger partial charge in [0.25, 0.3) is 0 Å². The molecule has 0 saturated heterocycles. The number of imidazole rings is 1. The topological polar surface area (TPSA) is 54.6 Å². The molecular weight excluding hydrogens is 319 g/mol. The second kappa shape index (κ2) is 6.01. The third-order valence-corrected chi connectivity index (χ3v) is 4.23. The van der Waals surface area contributed by atoms with Crippen LogP contribution in [0.5, 0.6) is 0 Å². The summed E-state index contributed by atoms with van der Waals surface area (Å²) in [4.78, 5) is 15.7. The standard InChI is InChI=1S/C17H14ClFN2O2/c1-10-2-6-13(18)12(15(10)19)5-3-11-4-7-14-20-8-9-21(14)16(11)17(22)23/h2,4,6-9H,3,5H2,1H3,(H,22,23). The van der Waals surface area contributed by atoms with Crippen molar-refractivity contribution in [2.24, 2.45) is 0 Å². The number of aryl methyl sites for hydroxylation is 2. The van der Waals surface area contributed by atoms with Crippen molar-refractivity contribution >= 4 is 23.2 Å². The molecule has 2 heterocycles. The Hall–Kier alpha value is -2.40. The molecule has 23 heavy (non-hydrogen) atoms. The summed E-state index contributed by atoms with van der Waals surface area (Å²) in [6, 6.07) is 6.75. The van der Waals surface area contributed by atoms with Crippen molar-refractivity contribution in [1.82, 2.24) is 9.38 Å². The van der Waals surface area contributed by atoms with E-state index in [-0.39, 0.29) is 11.5 Å². The number of aromatic nitrogens is 2. The molecule has 0 atom stereocenters. The Morgan fingerprint density at radius 3 is 2.83 bits per heavy atom. The second-order valence-corrected chi connectivity index (χ2v) is 5.73. The number of pyridine rings is 1. The highest BCUT2D eigenvalue weighted by molar-refractivity contribution is 6.31. The first kappa shape index (κ1) is 15.5. The number of aromatic carboxylic acids is 1. The molecule has 0 fully saturated rings. The van der Waals surface area contributed by atoms with Gasteiger partial charge in [0.05, 0.1) is 0 Å². The fourth-order valence-corrected chi connectivity index (χ4v) is 2.92. The van der Waals surface area contributed by atoms with Gasteiger partial charge in [-0.1, -0.05) is 23.7 Å². The van der Waals surface area contributed by atoms with E-state index in [2.05, 4.69) is 4.98 Å². The van der Waals surface area contributed by atoms with Gasteiger partial charge in [-0.05, 0) is 43.0 Å². The molecule has 0 unspecified atom stereocenters. The van der Waals surface area contributed by atoms with E-state index in [9.17, 15) is 14.3 Å². The van der Waals surface area contributed by atoms with Crippen LogP contribution in [0.15, 0.2) is 36.7 Å². The second-order valence-electron chi connectivity index (χ2n) is 5.32. The number of rotatable bonds is 4. The summed E-state index contributed by atoms with van der Waals surface area (Å²) in [5, 5.41) is 9.84. The number of nitrogens with zero attached hydrogens (tertiary/aromatic N) is 2. The zero-order valence-corrected chi connectivity index (χ0v) is 13.1. The van der Waals surface area contributed by atoms with Crippen molar-refractivity contribution in [3.8, 4) is 0 Å². The average Bonchev–Trinajstić information content (AvgIpc) is 2.98. The minimum absolute atomic E-state index is 0.143. The molecule has 0 spiro atoms. The Morgan fingerprint density at radius 1 is 1.30 bits per heavy atom. The van der Waals surface area contributed by atoms with E-state index in [1.807, 2.05) is 0 Å². The van der Waals surface area contributed by atoms with E-state index >= 15 is 0 Å². The molecule has 0 aliphatic rings. The summed E-state index contributed by atoms with van der Waals surface area (Å²) in [5.74, 6) is -1.38. The van der Waals surface area contributed by atoms with Gasteiger partial charge in [0.2, 0.25) is 0 Å². The first-order valence-corrected chi connectivity index (χ1v) is 7.48. The fraction of sp³-hybridized carbons (Fsp3) is 0.176. The summed E-state index contributed by atoms with van der Waals surface area (Å²) in [5.41, 5.74) is 2.25. The largest absolute Gasteiger partial charge is 0.477 e. The molecule has 0 aliphatic heterocycles. The van der Waals surface area contributed by atoms with Gasteiger partial charge >= 0.3 is 5.97 Å². The molecule has 0 bridgehead atoms. The molecule has 3 rings (SSSR count). The highest BCUT2D eigenvalue weighted by atomic mass is 35.5. The number of carboxylic acids is 1. The maximum atomic E-state index is 14.2. The van der Waals surface area contributed by atoms with Crippen LogP contribution in [0.25, 0.3) is 5.65 Å². The predicted molar refractivity (Wildman–Crippen MR) is 85.7 cm³/mol. The number of fused-ring (bicyclic) bond motifs is 1. The molecule has 2 aromatic heterocycles. The SMILES string of the molecule is Cc1ccc(Cl)c(CCc2ccc3nccn3c2C(=O)O)c1F. The molecule has 3 aromatic rings. The first-order valence-electron chi connectivity index (χ1n) is 7.10. The third kappa shape index (κ3) is 2.80. The predicted octanol–water partition coefficient (Wildman–Crippen LogP) is 3.92. The Balaban J connectivity index is 1.98. The quantitative estimate of drug-likeness (QED) is 0.788. The lowest BCUT2D eigenvalue weighted by atomic mass is 10.0. The summed E-state index contributed by atoms with van der Waals surface area (Å²) in [6.07, 6.45) is 3.84. The summed E-state index contributed by atoms with van der Waals surface area (Å²) in [6.45, 7) is 1.68. The van der Waals surface area contributed by atoms with Crippen LogP contribution in [-0.2, 0) is 12.8 Å². The van der Waals surface area contributed by atoms with Crippen LogP contribution in [-0.4, -0.2) is 20.5 Å². The maximum Gasteiger partial charge on any atom is 0.353 e. The van der Waals surface area contributed by atoms with Gasteiger partial charge in [-0.3, -0.25) is 4.40 Å². The summed E-state index contributed by atoms with van der Waals surface area (Å²) in [7, 11) is 0. The maximum absolute atomic E-state index is 14.2. The van der Waals surface area contributed by atoms with Crippen molar-refractivity contribution in [3.05, 3.63) is 69.9 Å². The Morgan fingerprint density at radius 2 is 2.09 bits per heavy atom. The van der Waals surface area contributed by atoms with Crippen LogP contribution < -0.4 is 0 Å². The van der Waals surface area contributed by atoms with Crippen LogP contribution in [0.1, 0.15) is 27.2 Å².